The summed E-state index contributed by atoms with van der Waals surface area (Å²) < 4.78 is 6.98. The summed E-state index contributed by atoms with van der Waals surface area (Å²) in [5.74, 6) is 0.529. The minimum Gasteiger partial charge on any atom is -0.356 e. The number of hydrogen-bond donors (Lipinski definition) is 1. The standard InChI is InChI=1S/C16H18N4O2/c1-9-5-10(2)16-12(19-22-13(16)6-9)8-15(21)17-14-7-11(3)18-20(14)4/h5-7H,8H2,1-4H3,(H,17,21). The number of nitrogens with one attached hydrogen (secondary N) is 1. The second kappa shape index (κ2) is 5.29. The Bertz CT molecular complexity index is 861. The number of carbonyl (C=O) groups is 1. The van der Waals surface area contributed by atoms with Gasteiger partial charge in [-0.25, -0.2) is 0 Å². The number of aromatic nitrogens is 3. The fourth-order valence-corrected chi connectivity index (χ4v) is 2.71. The zero-order chi connectivity index (χ0) is 15.9. The van der Waals surface area contributed by atoms with Crippen LogP contribution in [0.2, 0.25) is 0 Å². The van der Waals surface area contributed by atoms with E-state index in [1.54, 1.807) is 11.7 Å². The molecule has 0 aliphatic heterocycles. The Morgan fingerprint density at radius 2 is 2.05 bits per heavy atom. The second-order valence-corrected chi connectivity index (χ2v) is 5.60. The number of carbonyl (C=O) groups excluding carboxylic acids is 1. The highest BCUT2D eigenvalue weighted by molar-refractivity contribution is 5.95. The van der Waals surface area contributed by atoms with Gasteiger partial charge < -0.3 is 9.84 Å². The minimum atomic E-state index is -0.141. The fraction of sp³-hybridized carbons (Fsp3) is 0.312. The van der Waals surface area contributed by atoms with Gasteiger partial charge in [0.1, 0.15) is 11.5 Å². The van der Waals surface area contributed by atoms with Crippen molar-refractivity contribution in [1.29, 1.82) is 0 Å². The van der Waals surface area contributed by atoms with Crippen LogP contribution in [0.4, 0.5) is 5.82 Å². The Labute approximate surface area is 128 Å². The summed E-state index contributed by atoms with van der Waals surface area (Å²) in [5.41, 5.74) is 4.41. The molecule has 0 aliphatic carbocycles. The van der Waals surface area contributed by atoms with Crippen LogP contribution in [0.5, 0.6) is 0 Å². The van der Waals surface area contributed by atoms with Gasteiger partial charge in [-0.2, -0.15) is 5.10 Å². The van der Waals surface area contributed by atoms with Crippen LogP contribution in [0.1, 0.15) is 22.5 Å². The molecule has 1 aromatic carbocycles. The maximum Gasteiger partial charge on any atom is 0.231 e. The fourth-order valence-electron chi connectivity index (χ4n) is 2.71. The molecule has 0 spiro atoms. The van der Waals surface area contributed by atoms with Gasteiger partial charge >= 0.3 is 0 Å². The van der Waals surface area contributed by atoms with Crippen molar-refractivity contribution in [2.45, 2.75) is 27.2 Å². The van der Waals surface area contributed by atoms with Crippen molar-refractivity contribution >= 4 is 22.7 Å². The maximum absolute atomic E-state index is 12.2. The van der Waals surface area contributed by atoms with E-state index in [4.69, 9.17) is 4.52 Å². The van der Waals surface area contributed by atoms with Crippen molar-refractivity contribution in [1.82, 2.24) is 14.9 Å². The molecule has 0 atom stereocenters. The molecule has 6 nitrogen and oxygen atoms in total. The molecule has 2 heterocycles. The van der Waals surface area contributed by atoms with E-state index >= 15 is 0 Å². The van der Waals surface area contributed by atoms with Gasteiger partial charge in [0, 0.05) is 18.5 Å². The van der Waals surface area contributed by atoms with Crippen LogP contribution in [0.3, 0.4) is 0 Å². The largest absolute Gasteiger partial charge is 0.356 e. The zero-order valence-corrected chi connectivity index (χ0v) is 13.1. The molecule has 114 valence electrons. The SMILES string of the molecule is Cc1cc(C)c2c(CC(=O)Nc3cc(C)nn3C)noc2c1. The van der Waals surface area contributed by atoms with Gasteiger partial charge in [0.2, 0.25) is 5.91 Å². The van der Waals surface area contributed by atoms with Crippen LogP contribution in [-0.2, 0) is 18.3 Å². The van der Waals surface area contributed by atoms with E-state index in [1.807, 2.05) is 32.9 Å². The third-order valence-electron chi connectivity index (χ3n) is 3.58. The van der Waals surface area contributed by atoms with Crippen LogP contribution in [0.15, 0.2) is 22.7 Å². The summed E-state index contributed by atoms with van der Waals surface area (Å²) in [4.78, 5) is 12.2. The predicted octanol–water partition coefficient (Wildman–Crippen LogP) is 2.67. The third kappa shape index (κ3) is 2.59. The van der Waals surface area contributed by atoms with Gasteiger partial charge in [0.15, 0.2) is 5.58 Å². The molecule has 2 aromatic heterocycles. The zero-order valence-electron chi connectivity index (χ0n) is 13.1. The van der Waals surface area contributed by atoms with Gasteiger partial charge in [0.05, 0.1) is 12.1 Å². The first-order valence-corrected chi connectivity index (χ1v) is 7.10. The van der Waals surface area contributed by atoms with E-state index in [0.717, 1.165) is 27.8 Å². The molecular formula is C16H18N4O2. The molecule has 1 amide bonds. The first-order chi connectivity index (χ1) is 10.4. The highest BCUT2D eigenvalue weighted by atomic mass is 16.5. The summed E-state index contributed by atoms with van der Waals surface area (Å²) in [6.07, 6.45) is 0.168. The van der Waals surface area contributed by atoms with Crippen molar-refractivity contribution in [2.24, 2.45) is 7.05 Å². The normalized spacial score (nSPS) is 11.1. The monoisotopic (exact) mass is 298 g/mol. The van der Waals surface area contributed by atoms with Crippen molar-refractivity contribution in [3.8, 4) is 0 Å². The van der Waals surface area contributed by atoms with E-state index < -0.39 is 0 Å². The number of fused-ring (bicyclic) bond motifs is 1. The molecule has 0 unspecified atom stereocenters. The number of hydrogen-bond acceptors (Lipinski definition) is 4. The van der Waals surface area contributed by atoms with Crippen LogP contribution in [0, 0.1) is 20.8 Å². The van der Waals surface area contributed by atoms with E-state index in [1.165, 1.54) is 0 Å². The highest BCUT2D eigenvalue weighted by Gasteiger charge is 2.16. The molecule has 1 N–H and O–H groups in total. The average molecular weight is 298 g/mol. The van der Waals surface area contributed by atoms with Crippen molar-refractivity contribution < 1.29 is 9.32 Å². The lowest BCUT2D eigenvalue weighted by Crippen LogP contribution is -2.17. The number of aryl methyl sites for hydroxylation is 4. The number of anilines is 1. The quantitative estimate of drug-likeness (QED) is 0.807. The molecule has 0 aliphatic rings. The lowest BCUT2D eigenvalue weighted by Gasteiger charge is -2.04. The molecule has 0 fully saturated rings. The summed E-state index contributed by atoms with van der Waals surface area (Å²) in [6.45, 7) is 5.89. The Morgan fingerprint density at radius 3 is 2.73 bits per heavy atom. The van der Waals surface area contributed by atoms with Crippen molar-refractivity contribution in [3.63, 3.8) is 0 Å². The van der Waals surface area contributed by atoms with Crippen LogP contribution >= 0.6 is 0 Å². The molecule has 0 saturated heterocycles. The Hall–Kier alpha value is -2.63. The average Bonchev–Trinajstić information content (AvgIpc) is 2.93. The van der Waals surface area contributed by atoms with Crippen LogP contribution < -0.4 is 5.32 Å². The van der Waals surface area contributed by atoms with Gasteiger partial charge in [0.25, 0.3) is 0 Å². The topological polar surface area (TPSA) is 73.0 Å². The Kier molecular flexibility index (Phi) is 3.44. The van der Waals surface area contributed by atoms with Gasteiger partial charge in [-0.15, -0.1) is 0 Å². The third-order valence-corrected chi connectivity index (χ3v) is 3.58. The molecule has 6 heteroatoms. The maximum atomic E-state index is 12.2. The predicted molar refractivity (Wildman–Crippen MR) is 83.8 cm³/mol. The van der Waals surface area contributed by atoms with Gasteiger partial charge in [-0.05, 0) is 38.0 Å². The number of benzene rings is 1. The summed E-state index contributed by atoms with van der Waals surface area (Å²) in [5, 5.41) is 12.0. The molecule has 0 radical (unpaired) electrons. The van der Waals surface area contributed by atoms with E-state index in [-0.39, 0.29) is 12.3 Å². The van der Waals surface area contributed by atoms with E-state index in [0.29, 0.717) is 11.5 Å². The lowest BCUT2D eigenvalue weighted by atomic mass is 10.0. The molecule has 0 saturated carbocycles. The number of amides is 1. The first kappa shape index (κ1) is 14.3. The molecule has 0 bridgehead atoms. The molecular weight excluding hydrogens is 280 g/mol. The Balaban J connectivity index is 1.84. The molecule has 3 aromatic rings. The van der Waals surface area contributed by atoms with E-state index in [2.05, 4.69) is 21.6 Å². The number of rotatable bonds is 3. The van der Waals surface area contributed by atoms with E-state index in [9.17, 15) is 4.79 Å². The summed E-state index contributed by atoms with van der Waals surface area (Å²) in [7, 11) is 1.79. The summed E-state index contributed by atoms with van der Waals surface area (Å²) >= 11 is 0. The minimum absolute atomic E-state index is 0.141. The van der Waals surface area contributed by atoms with Crippen molar-refractivity contribution in [2.75, 3.05) is 5.32 Å². The lowest BCUT2D eigenvalue weighted by molar-refractivity contribution is -0.115. The van der Waals surface area contributed by atoms with Crippen LogP contribution in [-0.4, -0.2) is 20.8 Å². The Morgan fingerprint density at radius 1 is 1.27 bits per heavy atom. The second-order valence-electron chi connectivity index (χ2n) is 5.60. The van der Waals surface area contributed by atoms with Crippen molar-refractivity contribution in [3.05, 3.63) is 40.7 Å². The first-order valence-electron chi connectivity index (χ1n) is 7.10. The van der Waals surface area contributed by atoms with Gasteiger partial charge in [-0.3, -0.25) is 9.48 Å². The smallest absolute Gasteiger partial charge is 0.231 e. The summed E-state index contributed by atoms with van der Waals surface area (Å²) in [6, 6.07) is 5.82. The van der Waals surface area contributed by atoms with Gasteiger partial charge in [-0.1, -0.05) is 11.2 Å². The molecule has 22 heavy (non-hydrogen) atoms. The number of nitrogens with zero attached hydrogens (tertiary/aromatic N) is 3. The highest BCUT2D eigenvalue weighted by Crippen LogP contribution is 2.24. The molecule has 3 rings (SSSR count). The van der Waals surface area contributed by atoms with Crippen LogP contribution in [0.25, 0.3) is 11.0 Å².